The van der Waals surface area contributed by atoms with E-state index in [0.29, 0.717) is 25.7 Å². The van der Waals surface area contributed by atoms with Gasteiger partial charge in [-0.05, 0) is 37.5 Å². The average molecular weight is 1140 g/mol. The van der Waals surface area contributed by atoms with E-state index in [1.807, 2.05) is 0 Å². The van der Waals surface area contributed by atoms with Crippen LogP contribution in [0.15, 0.2) is 0 Å². The summed E-state index contributed by atoms with van der Waals surface area (Å²) < 4.78 is 67.3. The number of phosphoric acid groups is 2. The maximum absolute atomic E-state index is 12.9. The number of rotatable bonds is 57. The zero-order chi connectivity index (χ0) is 57.3. The van der Waals surface area contributed by atoms with Gasteiger partial charge >= 0.3 is 39.5 Å². The summed E-state index contributed by atoms with van der Waals surface area (Å²) in [6.45, 7) is 9.26. The summed E-state index contributed by atoms with van der Waals surface area (Å²) in [5.74, 6) is -0.640. The van der Waals surface area contributed by atoms with Crippen LogP contribution in [0.4, 0.5) is 0 Å². The first-order chi connectivity index (χ1) is 36.9. The van der Waals surface area contributed by atoms with Crippen LogP contribution < -0.4 is 0 Å². The first-order valence-electron chi connectivity index (χ1n) is 30.5. The van der Waals surface area contributed by atoms with Crippen LogP contribution in [-0.2, 0) is 65.4 Å². The SMILES string of the molecule is CCCCCCCC(=O)OC[C@H](COP(=O)(O)OC[C@H](O)COP(=O)(O)OC[C@@H](COC(=O)CCCCCCCCCCCCC(C)C)OC(=O)CCCCCCCCCCCCCC(C)C)OC(=O)CCCCCCC. The molecule has 3 N–H and O–H groups in total. The number of carbonyl (C=O) groups is 4. The largest absolute Gasteiger partial charge is 0.472 e. The molecule has 77 heavy (non-hydrogen) atoms. The number of esters is 4. The molecule has 0 aromatic heterocycles. The van der Waals surface area contributed by atoms with Crippen LogP contribution in [0.5, 0.6) is 0 Å². The number of hydrogen-bond acceptors (Lipinski definition) is 15. The Balaban J connectivity index is 5.14. The Hall–Kier alpha value is -1.94. The topological polar surface area (TPSA) is 237 Å². The third-order valence-electron chi connectivity index (χ3n) is 13.2. The highest BCUT2D eigenvalue weighted by atomic mass is 31.2. The van der Waals surface area contributed by atoms with E-state index in [1.165, 1.54) is 89.9 Å². The Morgan fingerprint density at radius 3 is 0.883 bits per heavy atom. The van der Waals surface area contributed by atoms with Crippen LogP contribution in [-0.4, -0.2) is 96.7 Å². The second-order valence-electron chi connectivity index (χ2n) is 22.0. The molecule has 0 aromatic rings. The Bertz CT molecular complexity index is 1530. The Kier molecular flexibility index (Phi) is 49.7. The summed E-state index contributed by atoms with van der Waals surface area (Å²) in [5, 5.41) is 10.5. The summed E-state index contributed by atoms with van der Waals surface area (Å²) in [6, 6.07) is 0. The van der Waals surface area contributed by atoms with Crippen molar-refractivity contribution < 1.29 is 80.2 Å². The smallest absolute Gasteiger partial charge is 0.462 e. The molecule has 0 aliphatic heterocycles. The predicted octanol–water partition coefficient (Wildman–Crippen LogP) is 15.3. The van der Waals surface area contributed by atoms with Crippen LogP contribution in [0.25, 0.3) is 0 Å². The van der Waals surface area contributed by atoms with Crippen molar-refractivity contribution in [3.8, 4) is 0 Å². The number of unbranched alkanes of at least 4 members (excludes halogenated alkanes) is 27. The van der Waals surface area contributed by atoms with E-state index in [0.717, 1.165) is 108 Å². The van der Waals surface area contributed by atoms with Crippen molar-refractivity contribution in [3.63, 3.8) is 0 Å². The molecule has 0 aliphatic rings. The Labute approximate surface area is 467 Å². The highest BCUT2D eigenvalue weighted by Crippen LogP contribution is 2.45. The van der Waals surface area contributed by atoms with Gasteiger partial charge in [0.2, 0.25) is 0 Å². The van der Waals surface area contributed by atoms with Crippen molar-refractivity contribution in [2.24, 2.45) is 11.8 Å². The first kappa shape index (κ1) is 75.1. The zero-order valence-corrected chi connectivity index (χ0v) is 51.0. The molecule has 5 atom stereocenters. The monoisotopic (exact) mass is 1140 g/mol. The summed E-state index contributed by atoms with van der Waals surface area (Å²) in [5.41, 5.74) is 0. The number of aliphatic hydroxyl groups is 1. The van der Waals surface area contributed by atoms with E-state index in [-0.39, 0.29) is 25.7 Å². The molecule has 0 aliphatic carbocycles. The van der Waals surface area contributed by atoms with E-state index in [1.54, 1.807) is 0 Å². The minimum Gasteiger partial charge on any atom is -0.462 e. The molecular formula is C58H112O17P2. The normalized spacial score (nSPS) is 14.5. The number of hydrogen-bond donors (Lipinski definition) is 3. The fourth-order valence-electron chi connectivity index (χ4n) is 8.47. The summed E-state index contributed by atoms with van der Waals surface area (Å²) in [6.07, 6.45) is 31.5. The number of phosphoric ester groups is 2. The third-order valence-corrected chi connectivity index (χ3v) is 15.1. The van der Waals surface area contributed by atoms with Gasteiger partial charge in [0.05, 0.1) is 26.4 Å². The molecule has 0 amide bonds. The minimum absolute atomic E-state index is 0.0984. The van der Waals surface area contributed by atoms with Gasteiger partial charge in [-0.15, -0.1) is 0 Å². The minimum atomic E-state index is -4.94. The van der Waals surface area contributed by atoms with E-state index in [4.69, 9.17) is 37.0 Å². The fraction of sp³-hybridized carbons (Fsp3) is 0.931. The molecule has 0 saturated carbocycles. The number of carbonyl (C=O) groups excluding carboxylic acids is 4. The maximum Gasteiger partial charge on any atom is 0.472 e. The molecular weight excluding hydrogens is 1030 g/mol. The number of ether oxygens (including phenoxy) is 4. The highest BCUT2D eigenvalue weighted by Gasteiger charge is 2.30. The van der Waals surface area contributed by atoms with Crippen molar-refractivity contribution >= 4 is 39.5 Å². The molecule has 0 radical (unpaired) electrons. The van der Waals surface area contributed by atoms with Crippen molar-refractivity contribution in [1.29, 1.82) is 0 Å². The summed E-state index contributed by atoms with van der Waals surface area (Å²) >= 11 is 0. The van der Waals surface area contributed by atoms with E-state index >= 15 is 0 Å². The molecule has 0 rings (SSSR count). The van der Waals surface area contributed by atoms with E-state index < -0.39 is 97.5 Å². The van der Waals surface area contributed by atoms with Crippen LogP contribution in [0, 0.1) is 11.8 Å². The molecule has 17 nitrogen and oxygen atoms in total. The Morgan fingerprint density at radius 2 is 0.597 bits per heavy atom. The van der Waals surface area contributed by atoms with Gasteiger partial charge in [-0.3, -0.25) is 37.3 Å². The van der Waals surface area contributed by atoms with Crippen LogP contribution in [0.2, 0.25) is 0 Å². The molecule has 0 saturated heterocycles. The predicted molar refractivity (Wildman–Crippen MR) is 303 cm³/mol. The molecule has 0 bridgehead atoms. The van der Waals surface area contributed by atoms with E-state index in [2.05, 4.69) is 41.5 Å². The van der Waals surface area contributed by atoms with Gasteiger partial charge in [0, 0.05) is 25.7 Å². The second kappa shape index (κ2) is 51.0. The standard InChI is InChI=1S/C58H112O17P2/c1-7-9-11-26-34-40-55(60)68-46-53(74-57(62)42-36-27-12-10-8-2)48-72-76(64,65)70-44-52(59)45-71-77(66,67)73-49-54(47-69-56(61)41-35-30-24-20-17-16-19-23-29-33-39-51(5)6)75-58(63)43-37-31-25-21-15-13-14-18-22-28-32-38-50(3)4/h50-54,59H,7-49H2,1-6H3,(H,64,65)(H,66,67)/t52-,53+,54+/m0/s1. The lowest BCUT2D eigenvalue weighted by atomic mass is 10.0. The van der Waals surface area contributed by atoms with Crippen molar-refractivity contribution in [2.75, 3.05) is 39.6 Å². The van der Waals surface area contributed by atoms with Crippen LogP contribution in [0.1, 0.15) is 279 Å². The zero-order valence-electron chi connectivity index (χ0n) is 49.2. The maximum atomic E-state index is 12.9. The second-order valence-corrected chi connectivity index (χ2v) is 24.9. The highest BCUT2D eigenvalue weighted by molar-refractivity contribution is 7.47. The van der Waals surface area contributed by atoms with Crippen molar-refractivity contribution in [1.82, 2.24) is 0 Å². The molecule has 0 fully saturated rings. The first-order valence-corrected chi connectivity index (χ1v) is 33.5. The molecule has 456 valence electrons. The van der Waals surface area contributed by atoms with Gasteiger partial charge in [-0.2, -0.15) is 0 Å². The third kappa shape index (κ3) is 53.2. The molecule has 0 aromatic carbocycles. The fourth-order valence-corrected chi connectivity index (χ4v) is 10.0. The summed E-state index contributed by atoms with van der Waals surface area (Å²) in [7, 11) is -9.86. The van der Waals surface area contributed by atoms with Crippen LogP contribution in [0.3, 0.4) is 0 Å². The van der Waals surface area contributed by atoms with Gasteiger partial charge < -0.3 is 33.8 Å². The van der Waals surface area contributed by atoms with Gasteiger partial charge in [-0.25, -0.2) is 9.13 Å². The quantitative estimate of drug-likeness (QED) is 0.0222. The lowest BCUT2D eigenvalue weighted by Gasteiger charge is -2.21. The van der Waals surface area contributed by atoms with E-state index in [9.17, 15) is 43.2 Å². The van der Waals surface area contributed by atoms with Gasteiger partial charge in [-0.1, -0.05) is 228 Å². The van der Waals surface area contributed by atoms with Gasteiger partial charge in [0.25, 0.3) is 0 Å². The van der Waals surface area contributed by atoms with Crippen molar-refractivity contribution in [3.05, 3.63) is 0 Å². The number of aliphatic hydroxyl groups excluding tert-OH is 1. The lowest BCUT2D eigenvalue weighted by molar-refractivity contribution is -0.161. The van der Waals surface area contributed by atoms with Crippen LogP contribution >= 0.6 is 15.6 Å². The molecule has 0 spiro atoms. The van der Waals surface area contributed by atoms with Crippen molar-refractivity contribution in [2.45, 2.75) is 297 Å². The summed E-state index contributed by atoms with van der Waals surface area (Å²) in [4.78, 5) is 71.4. The molecule has 19 heteroatoms. The Morgan fingerprint density at radius 1 is 0.351 bits per heavy atom. The van der Waals surface area contributed by atoms with Gasteiger partial charge in [0.1, 0.15) is 19.3 Å². The molecule has 0 heterocycles. The molecule has 2 unspecified atom stereocenters. The van der Waals surface area contributed by atoms with Gasteiger partial charge in [0.15, 0.2) is 12.2 Å². The lowest BCUT2D eigenvalue weighted by Crippen LogP contribution is -2.30. The average Bonchev–Trinajstić information content (AvgIpc) is 3.38.